The number of anilines is 1. The summed E-state index contributed by atoms with van der Waals surface area (Å²) in [5, 5.41) is 0.0622. The van der Waals surface area contributed by atoms with Gasteiger partial charge in [0, 0.05) is 13.6 Å². The highest BCUT2D eigenvalue weighted by Gasteiger charge is 2.33. The Bertz CT molecular complexity index is 814. The predicted octanol–water partition coefficient (Wildman–Crippen LogP) is 2.91. The number of aromatic nitrogens is 2. The zero-order chi connectivity index (χ0) is 15.9. The van der Waals surface area contributed by atoms with Crippen LogP contribution < -0.4 is 4.31 Å². The Morgan fingerprint density at radius 2 is 2.05 bits per heavy atom. The average Bonchev–Trinajstić information content (AvgIpc) is 2.70. The Morgan fingerprint density at radius 1 is 1.27 bits per heavy atom. The SMILES string of the molecule is Cc1cccc2c1N(S(=O)(=O)c1ncn(C)c1Cl)CCCC2. The molecule has 0 atom stereocenters. The minimum Gasteiger partial charge on any atom is -0.324 e. The van der Waals surface area contributed by atoms with E-state index in [1.807, 2.05) is 25.1 Å². The number of aryl methyl sites for hydroxylation is 3. The molecule has 0 aliphatic carbocycles. The molecule has 1 aromatic heterocycles. The molecule has 5 nitrogen and oxygen atoms in total. The molecule has 1 aromatic carbocycles. The van der Waals surface area contributed by atoms with Gasteiger partial charge in [0.1, 0.15) is 5.15 Å². The van der Waals surface area contributed by atoms with E-state index >= 15 is 0 Å². The molecule has 0 N–H and O–H groups in total. The van der Waals surface area contributed by atoms with Crippen LogP contribution in [0.15, 0.2) is 29.6 Å². The van der Waals surface area contributed by atoms with Gasteiger partial charge >= 0.3 is 0 Å². The van der Waals surface area contributed by atoms with E-state index in [0.717, 1.165) is 36.1 Å². The first-order valence-electron chi connectivity index (χ1n) is 7.21. The topological polar surface area (TPSA) is 55.2 Å². The molecule has 0 unspecified atom stereocenters. The lowest BCUT2D eigenvalue weighted by Crippen LogP contribution is -2.33. The molecule has 0 spiro atoms. The first kappa shape index (κ1) is 15.4. The Hall–Kier alpha value is -1.53. The van der Waals surface area contributed by atoms with Gasteiger partial charge in [0.15, 0.2) is 0 Å². The van der Waals surface area contributed by atoms with Gasteiger partial charge in [-0.1, -0.05) is 29.8 Å². The lowest BCUT2D eigenvalue weighted by molar-refractivity contribution is 0.586. The molecule has 0 bridgehead atoms. The first-order chi connectivity index (χ1) is 10.4. The second-order valence-electron chi connectivity index (χ2n) is 5.57. The normalized spacial score (nSPS) is 15.5. The molecule has 22 heavy (non-hydrogen) atoms. The zero-order valence-corrected chi connectivity index (χ0v) is 14.2. The van der Waals surface area contributed by atoms with Crippen LogP contribution in [-0.4, -0.2) is 24.5 Å². The second kappa shape index (κ2) is 5.59. The van der Waals surface area contributed by atoms with Gasteiger partial charge in [-0.25, -0.2) is 4.98 Å². The monoisotopic (exact) mass is 339 g/mol. The standard InChI is InChI=1S/C15H18ClN3O2S/c1-11-6-5-8-12-7-3-4-9-19(13(11)12)22(20,21)15-14(16)18(2)10-17-15/h5-6,8,10H,3-4,7,9H2,1-2H3. The van der Waals surface area contributed by atoms with Crippen molar-refractivity contribution < 1.29 is 8.42 Å². The third-order valence-corrected chi connectivity index (χ3v) is 6.29. The first-order valence-corrected chi connectivity index (χ1v) is 9.03. The number of para-hydroxylation sites is 1. The fraction of sp³-hybridized carbons (Fsp3) is 0.400. The summed E-state index contributed by atoms with van der Waals surface area (Å²) in [4.78, 5) is 4.00. The molecule has 3 rings (SSSR count). The van der Waals surface area contributed by atoms with Crippen molar-refractivity contribution in [2.45, 2.75) is 31.2 Å². The minimum atomic E-state index is -3.76. The number of rotatable bonds is 2. The van der Waals surface area contributed by atoms with E-state index < -0.39 is 10.0 Å². The molecular formula is C15H18ClN3O2S. The van der Waals surface area contributed by atoms with E-state index in [1.165, 1.54) is 15.2 Å². The van der Waals surface area contributed by atoms with E-state index in [2.05, 4.69) is 4.98 Å². The number of sulfonamides is 1. The van der Waals surface area contributed by atoms with Crippen LogP contribution in [0.25, 0.3) is 0 Å². The molecule has 7 heteroatoms. The van der Waals surface area contributed by atoms with Crippen molar-refractivity contribution in [3.05, 3.63) is 40.8 Å². The Morgan fingerprint density at radius 3 is 2.73 bits per heavy atom. The van der Waals surface area contributed by atoms with Crippen LogP contribution in [0.3, 0.4) is 0 Å². The van der Waals surface area contributed by atoms with Gasteiger partial charge in [0.05, 0.1) is 12.0 Å². The van der Waals surface area contributed by atoms with Gasteiger partial charge < -0.3 is 4.57 Å². The highest BCUT2D eigenvalue weighted by molar-refractivity contribution is 7.92. The molecule has 0 radical (unpaired) electrons. The minimum absolute atomic E-state index is 0.0761. The van der Waals surface area contributed by atoms with E-state index in [1.54, 1.807) is 7.05 Å². The van der Waals surface area contributed by atoms with Crippen LogP contribution >= 0.6 is 11.6 Å². The summed E-state index contributed by atoms with van der Waals surface area (Å²) >= 11 is 6.11. The summed E-state index contributed by atoms with van der Waals surface area (Å²) in [5.74, 6) is 0. The lowest BCUT2D eigenvalue weighted by Gasteiger charge is -2.25. The molecule has 0 amide bonds. The van der Waals surface area contributed by atoms with Crippen LogP contribution in [0.2, 0.25) is 5.15 Å². The summed E-state index contributed by atoms with van der Waals surface area (Å²) in [5.41, 5.74) is 2.80. The van der Waals surface area contributed by atoms with Gasteiger partial charge in [0.25, 0.3) is 10.0 Å². The molecule has 0 fully saturated rings. The van der Waals surface area contributed by atoms with E-state index in [4.69, 9.17) is 11.6 Å². The van der Waals surface area contributed by atoms with Crippen LogP contribution in [-0.2, 0) is 23.5 Å². The number of halogens is 1. The maximum atomic E-state index is 13.1. The molecule has 0 saturated heterocycles. The van der Waals surface area contributed by atoms with Crippen molar-refractivity contribution in [2.75, 3.05) is 10.8 Å². The fourth-order valence-electron chi connectivity index (χ4n) is 2.87. The molecule has 2 aromatic rings. The van der Waals surface area contributed by atoms with Gasteiger partial charge in [-0.15, -0.1) is 0 Å². The quantitative estimate of drug-likeness (QED) is 0.845. The number of benzene rings is 1. The lowest BCUT2D eigenvalue weighted by atomic mass is 10.0. The zero-order valence-electron chi connectivity index (χ0n) is 12.6. The average molecular weight is 340 g/mol. The molecular weight excluding hydrogens is 322 g/mol. The van der Waals surface area contributed by atoms with Crippen LogP contribution in [0.1, 0.15) is 24.0 Å². The summed E-state index contributed by atoms with van der Waals surface area (Å²) in [6.07, 6.45) is 4.10. The number of nitrogens with zero attached hydrogens (tertiary/aromatic N) is 3. The van der Waals surface area contributed by atoms with Gasteiger partial charge in [0.2, 0.25) is 5.03 Å². The molecule has 118 valence electrons. The molecule has 1 aliphatic heterocycles. The fourth-order valence-corrected chi connectivity index (χ4v) is 4.87. The van der Waals surface area contributed by atoms with Crippen LogP contribution in [0.5, 0.6) is 0 Å². The van der Waals surface area contributed by atoms with Crippen LogP contribution in [0.4, 0.5) is 5.69 Å². The van der Waals surface area contributed by atoms with Crippen molar-refractivity contribution in [3.63, 3.8) is 0 Å². The number of hydrogen-bond acceptors (Lipinski definition) is 3. The van der Waals surface area contributed by atoms with E-state index in [0.29, 0.717) is 6.54 Å². The van der Waals surface area contributed by atoms with Gasteiger partial charge in [-0.2, -0.15) is 8.42 Å². The van der Waals surface area contributed by atoms with Crippen molar-refractivity contribution in [3.8, 4) is 0 Å². The van der Waals surface area contributed by atoms with Gasteiger partial charge in [-0.05, 0) is 37.3 Å². The summed E-state index contributed by atoms with van der Waals surface area (Å²) in [6, 6.07) is 5.90. The highest BCUT2D eigenvalue weighted by atomic mass is 35.5. The Labute approximate surface area is 135 Å². The third kappa shape index (κ3) is 2.40. The van der Waals surface area contributed by atoms with E-state index in [-0.39, 0.29) is 10.2 Å². The third-order valence-electron chi connectivity index (χ3n) is 4.00. The Kier molecular flexibility index (Phi) is 3.91. The van der Waals surface area contributed by atoms with E-state index in [9.17, 15) is 8.42 Å². The Balaban J connectivity index is 2.18. The number of fused-ring (bicyclic) bond motifs is 1. The summed E-state index contributed by atoms with van der Waals surface area (Å²) in [7, 11) is -2.09. The predicted molar refractivity (Wildman–Crippen MR) is 86.9 cm³/mol. The number of hydrogen-bond donors (Lipinski definition) is 0. The second-order valence-corrected chi connectivity index (χ2v) is 7.70. The molecule has 1 aliphatic rings. The van der Waals surface area contributed by atoms with Crippen molar-refractivity contribution >= 4 is 27.3 Å². The summed E-state index contributed by atoms with van der Waals surface area (Å²) < 4.78 is 29.1. The molecule has 2 heterocycles. The molecule has 0 saturated carbocycles. The van der Waals surface area contributed by atoms with Crippen molar-refractivity contribution in [2.24, 2.45) is 7.05 Å². The smallest absolute Gasteiger partial charge is 0.284 e. The number of imidazole rings is 1. The van der Waals surface area contributed by atoms with Crippen LogP contribution in [0, 0.1) is 6.92 Å². The van der Waals surface area contributed by atoms with Gasteiger partial charge in [-0.3, -0.25) is 4.31 Å². The largest absolute Gasteiger partial charge is 0.324 e. The highest BCUT2D eigenvalue weighted by Crippen LogP contribution is 2.35. The maximum Gasteiger partial charge on any atom is 0.284 e. The summed E-state index contributed by atoms with van der Waals surface area (Å²) in [6.45, 7) is 2.39. The van der Waals surface area contributed by atoms with Crippen molar-refractivity contribution in [1.29, 1.82) is 0 Å². The van der Waals surface area contributed by atoms with Crippen molar-refractivity contribution in [1.82, 2.24) is 9.55 Å². The maximum absolute atomic E-state index is 13.1.